The van der Waals surface area contributed by atoms with Crippen LogP contribution >= 0.6 is 0 Å². The van der Waals surface area contributed by atoms with Crippen molar-refractivity contribution < 1.29 is 9.53 Å². The first-order valence-electron chi connectivity index (χ1n) is 6.61. The number of nitrogens with zero attached hydrogens (tertiary/aromatic N) is 2. The summed E-state index contributed by atoms with van der Waals surface area (Å²) in [4.78, 5) is 15.8. The highest BCUT2D eigenvalue weighted by atomic mass is 16.5. The molecule has 0 aliphatic heterocycles. The van der Waals surface area contributed by atoms with Gasteiger partial charge in [-0.2, -0.15) is 5.10 Å². The van der Waals surface area contributed by atoms with E-state index < -0.39 is 6.10 Å². The molecule has 0 saturated carbocycles. The zero-order valence-corrected chi connectivity index (χ0v) is 12.0. The number of ether oxygens (including phenoxy) is 1. The van der Waals surface area contributed by atoms with Crippen molar-refractivity contribution in [2.24, 2.45) is 5.10 Å². The number of amides is 1. The molecule has 1 aromatic heterocycles. The summed E-state index contributed by atoms with van der Waals surface area (Å²) in [5, 5.41) is 3.88. The van der Waals surface area contributed by atoms with Crippen molar-refractivity contribution in [1.29, 1.82) is 0 Å². The molecule has 1 aromatic carbocycles. The second-order valence-corrected chi connectivity index (χ2v) is 4.60. The van der Waals surface area contributed by atoms with Crippen molar-refractivity contribution in [1.82, 2.24) is 10.4 Å². The van der Waals surface area contributed by atoms with Gasteiger partial charge < -0.3 is 4.74 Å². The van der Waals surface area contributed by atoms with Crippen LogP contribution in [0.5, 0.6) is 5.75 Å². The molecule has 108 valence electrons. The fraction of sp³-hybridized carbons (Fsp3) is 0.188. The molecule has 2 rings (SSSR count). The summed E-state index contributed by atoms with van der Waals surface area (Å²) in [5.41, 5.74) is 4.33. The normalized spacial score (nSPS) is 12.1. The number of aromatic nitrogens is 1. The minimum Gasteiger partial charge on any atom is -0.481 e. The van der Waals surface area contributed by atoms with Gasteiger partial charge in [0, 0.05) is 18.0 Å². The van der Waals surface area contributed by atoms with Gasteiger partial charge in [-0.05, 0) is 37.6 Å². The van der Waals surface area contributed by atoms with Gasteiger partial charge in [0.25, 0.3) is 5.91 Å². The van der Waals surface area contributed by atoms with Crippen LogP contribution in [0.4, 0.5) is 0 Å². The molecule has 1 amide bonds. The van der Waals surface area contributed by atoms with Crippen molar-refractivity contribution >= 4 is 12.1 Å². The summed E-state index contributed by atoms with van der Waals surface area (Å²) >= 11 is 0. The fourth-order valence-corrected chi connectivity index (χ4v) is 1.66. The van der Waals surface area contributed by atoms with Crippen molar-refractivity contribution in [3.05, 3.63) is 59.9 Å². The lowest BCUT2D eigenvalue weighted by molar-refractivity contribution is -0.127. The third kappa shape index (κ3) is 4.72. The van der Waals surface area contributed by atoms with E-state index >= 15 is 0 Å². The zero-order valence-electron chi connectivity index (χ0n) is 12.0. The van der Waals surface area contributed by atoms with Gasteiger partial charge in [0.15, 0.2) is 6.10 Å². The monoisotopic (exact) mass is 283 g/mol. The Hall–Kier alpha value is -2.69. The van der Waals surface area contributed by atoms with E-state index in [4.69, 9.17) is 4.74 Å². The van der Waals surface area contributed by atoms with Gasteiger partial charge >= 0.3 is 0 Å². The first-order valence-corrected chi connectivity index (χ1v) is 6.61. The number of carbonyl (C=O) groups excluding carboxylic acids is 1. The molecule has 0 spiro atoms. The molecule has 5 heteroatoms. The van der Waals surface area contributed by atoms with Crippen LogP contribution in [0.2, 0.25) is 0 Å². The van der Waals surface area contributed by atoms with Gasteiger partial charge in [-0.3, -0.25) is 9.78 Å². The predicted molar refractivity (Wildman–Crippen MR) is 81.2 cm³/mol. The number of hydrazone groups is 1. The molecule has 0 aliphatic carbocycles. The van der Waals surface area contributed by atoms with Gasteiger partial charge in [-0.25, -0.2) is 5.43 Å². The molecule has 0 bridgehead atoms. The van der Waals surface area contributed by atoms with E-state index in [1.165, 1.54) is 6.21 Å². The molecule has 0 saturated heterocycles. The lowest BCUT2D eigenvalue weighted by Crippen LogP contribution is -2.33. The summed E-state index contributed by atoms with van der Waals surface area (Å²) in [6.07, 6.45) is 4.23. The quantitative estimate of drug-likeness (QED) is 0.676. The average Bonchev–Trinajstić information content (AvgIpc) is 2.48. The number of pyridine rings is 1. The maximum atomic E-state index is 11.9. The Kier molecular flexibility index (Phi) is 5.04. The van der Waals surface area contributed by atoms with Crippen molar-refractivity contribution in [3.63, 3.8) is 0 Å². The Labute approximate surface area is 123 Å². The summed E-state index contributed by atoms with van der Waals surface area (Å²) in [5.74, 6) is 0.352. The van der Waals surface area contributed by atoms with Gasteiger partial charge in [0.05, 0.1) is 6.21 Å². The lowest BCUT2D eigenvalue weighted by atomic mass is 10.2. The van der Waals surface area contributed by atoms with E-state index in [-0.39, 0.29) is 5.91 Å². The van der Waals surface area contributed by atoms with E-state index in [1.807, 2.05) is 37.3 Å². The summed E-state index contributed by atoms with van der Waals surface area (Å²) in [6.45, 7) is 3.65. The second kappa shape index (κ2) is 7.19. The first-order chi connectivity index (χ1) is 10.1. The van der Waals surface area contributed by atoms with Crippen molar-refractivity contribution in [2.45, 2.75) is 20.0 Å². The molecule has 21 heavy (non-hydrogen) atoms. The Balaban J connectivity index is 1.87. The molecule has 0 unspecified atom stereocenters. The second-order valence-electron chi connectivity index (χ2n) is 4.60. The van der Waals surface area contributed by atoms with Gasteiger partial charge in [0.2, 0.25) is 0 Å². The number of nitrogens with one attached hydrogen (secondary N) is 1. The highest BCUT2D eigenvalue weighted by molar-refractivity contribution is 5.84. The Morgan fingerprint density at radius 2 is 2.24 bits per heavy atom. The number of aryl methyl sites for hydroxylation is 1. The fourth-order valence-electron chi connectivity index (χ4n) is 1.66. The zero-order chi connectivity index (χ0) is 15.1. The van der Waals surface area contributed by atoms with Crippen molar-refractivity contribution in [2.75, 3.05) is 0 Å². The smallest absolute Gasteiger partial charge is 0.280 e. The van der Waals surface area contributed by atoms with Crippen LogP contribution < -0.4 is 10.2 Å². The highest BCUT2D eigenvalue weighted by Gasteiger charge is 2.13. The minimum absolute atomic E-state index is 0.309. The average molecular weight is 283 g/mol. The van der Waals surface area contributed by atoms with E-state index in [0.29, 0.717) is 5.75 Å². The van der Waals surface area contributed by atoms with Crippen LogP contribution in [0.25, 0.3) is 0 Å². The van der Waals surface area contributed by atoms with Crippen LogP contribution in [0.3, 0.4) is 0 Å². The summed E-state index contributed by atoms with van der Waals surface area (Å²) < 4.78 is 5.56. The predicted octanol–water partition coefficient (Wildman–Crippen LogP) is 2.31. The third-order valence-electron chi connectivity index (χ3n) is 2.74. The van der Waals surface area contributed by atoms with Gasteiger partial charge in [-0.15, -0.1) is 0 Å². The summed E-state index contributed by atoms with van der Waals surface area (Å²) in [6, 6.07) is 11.2. The topological polar surface area (TPSA) is 63.6 Å². The molecule has 0 aliphatic rings. The largest absolute Gasteiger partial charge is 0.481 e. The van der Waals surface area contributed by atoms with Crippen LogP contribution in [0.15, 0.2) is 53.9 Å². The Morgan fingerprint density at radius 1 is 1.38 bits per heavy atom. The lowest BCUT2D eigenvalue weighted by Gasteiger charge is -2.13. The minimum atomic E-state index is -0.627. The molecule has 0 fully saturated rings. The van der Waals surface area contributed by atoms with E-state index in [0.717, 1.165) is 11.1 Å². The van der Waals surface area contributed by atoms with Gasteiger partial charge in [0.1, 0.15) is 5.75 Å². The standard InChI is InChI=1S/C16H17N3O2/c1-12-5-3-7-15(9-12)21-13(2)16(20)19-18-11-14-6-4-8-17-10-14/h3-11,13H,1-2H3,(H,19,20)/t13-/m0/s1. The molecular weight excluding hydrogens is 266 g/mol. The van der Waals surface area contributed by atoms with E-state index in [9.17, 15) is 4.79 Å². The molecule has 1 N–H and O–H groups in total. The van der Waals surface area contributed by atoms with E-state index in [1.54, 1.807) is 25.4 Å². The summed E-state index contributed by atoms with van der Waals surface area (Å²) in [7, 11) is 0. The molecule has 1 heterocycles. The van der Waals surface area contributed by atoms with Crippen LogP contribution in [0.1, 0.15) is 18.1 Å². The first kappa shape index (κ1) is 14.7. The number of hydrogen-bond acceptors (Lipinski definition) is 4. The molecular formula is C16H17N3O2. The molecule has 1 atom stereocenters. The number of carbonyl (C=O) groups is 1. The highest BCUT2D eigenvalue weighted by Crippen LogP contribution is 2.14. The number of benzene rings is 1. The van der Waals surface area contributed by atoms with Crippen molar-refractivity contribution in [3.8, 4) is 5.75 Å². The van der Waals surface area contributed by atoms with Crippen LogP contribution in [-0.4, -0.2) is 23.2 Å². The van der Waals surface area contributed by atoms with Gasteiger partial charge in [-0.1, -0.05) is 18.2 Å². The SMILES string of the molecule is Cc1cccc(O[C@@H](C)C(=O)NN=Cc2cccnc2)c1. The third-order valence-corrected chi connectivity index (χ3v) is 2.74. The Bertz CT molecular complexity index is 626. The van der Waals surface area contributed by atoms with Crippen LogP contribution in [-0.2, 0) is 4.79 Å². The Morgan fingerprint density at radius 3 is 2.95 bits per heavy atom. The van der Waals surface area contributed by atoms with Crippen LogP contribution in [0, 0.1) is 6.92 Å². The molecule has 0 radical (unpaired) electrons. The number of rotatable bonds is 5. The maximum Gasteiger partial charge on any atom is 0.280 e. The van der Waals surface area contributed by atoms with E-state index in [2.05, 4.69) is 15.5 Å². The molecule has 5 nitrogen and oxygen atoms in total. The number of hydrogen-bond donors (Lipinski definition) is 1. The maximum absolute atomic E-state index is 11.9. The molecule has 2 aromatic rings.